The molecule has 6 heteroatoms. The summed E-state index contributed by atoms with van der Waals surface area (Å²) < 4.78 is 11.4. The van der Waals surface area contributed by atoms with Crippen LogP contribution < -0.4 is 4.90 Å². The zero-order chi connectivity index (χ0) is 19.7. The number of Topliss-reactive ketones (excluding diaryl/α,β-unsaturated/α-hetero) is 2. The first-order valence-electron chi connectivity index (χ1n) is 9.79. The highest BCUT2D eigenvalue weighted by Crippen LogP contribution is 2.50. The number of halogens is 1. The molecule has 5 nitrogen and oxygen atoms in total. The lowest BCUT2D eigenvalue weighted by Gasteiger charge is -2.35. The van der Waals surface area contributed by atoms with E-state index in [0.717, 1.165) is 11.3 Å². The van der Waals surface area contributed by atoms with Crippen LogP contribution >= 0.6 is 11.6 Å². The van der Waals surface area contributed by atoms with Gasteiger partial charge in [-0.3, -0.25) is 9.59 Å². The first-order chi connectivity index (χ1) is 14.1. The molecule has 0 radical (unpaired) electrons. The van der Waals surface area contributed by atoms with E-state index in [2.05, 4.69) is 17.1 Å². The quantitative estimate of drug-likeness (QED) is 0.714. The van der Waals surface area contributed by atoms with Gasteiger partial charge in [-0.25, -0.2) is 0 Å². The SMILES string of the molecule is O=C1C2OCC(O2)C2C1C(C(=O)c1ccc(Cl)cc1)N1c3ccccc3C=CC21. The van der Waals surface area contributed by atoms with E-state index in [1.165, 1.54) is 0 Å². The molecule has 2 aromatic carbocycles. The third-order valence-corrected chi connectivity index (χ3v) is 6.81. The summed E-state index contributed by atoms with van der Waals surface area (Å²) in [5, 5.41) is 0.573. The van der Waals surface area contributed by atoms with E-state index in [4.69, 9.17) is 21.1 Å². The molecule has 3 fully saturated rings. The summed E-state index contributed by atoms with van der Waals surface area (Å²) in [6.07, 6.45) is 3.13. The number of ether oxygens (including phenoxy) is 2. The molecule has 2 aromatic rings. The van der Waals surface area contributed by atoms with Crippen molar-refractivity contribution in [3.63, 3.8) is 0 Å². The maximum atomic E-state index is 13.7. The first kappa shape index (κ1) is 17.4. The zero-order valence-electron chi connectivity index (χ0n) is 15.4. The molecular formula is C23H18ClNO4. The van der Waals surface area contributed by atoms with Gasteiger partial charge < -0.3 is 14.4 Å². The van der Waals surface area contributed by atoms with Crippen LogP contribution in [0.3, 0.4) is 0 Å². The molecule has 0 aromatic heterocycles. The number of nitrogens with zero attached hydrogens (tertiary/aromatic N) is 1. The Morgan fingerprint density at radius 3 is 2.72 bits per heavy atom. The fourth-order valence-corrected chi connectivity index (χ4v) is 5.49. The van der Waals surface area contributed by atoms with Crippen molar-refractivity contribution in [3.8, 4) is 0 Å². The number of rotatable bonds is 2. The van der Waals surface area contributed by atoms with Crippen molar-refractivity contribution in [2.24, 2.45) is 11.8 Å². The Bertz CT molecular complexity index is 1050. The summed E-state index contributed by atoms with van der Waals surface area (Å²) >= 11 is 6.02. The van der Waals surface area contributed by atoms with Gasteiger partial charge in [0.1, 0.15) is 6.04 Å². The molecule has 0 amide bonds. The maximum Gasteiger partial charge on any atom is 0.218 e. The number of benzene rings is 2. The maximum absolute atomic E-state index is 13.7. The van der Waals surface area contributed by atoms with Crippen LogP contribution in [0.25, 0.3) is 6.08 Å². The van der Waals surface area contributed by atoms with Gasteiger partial charge in [0.2, 0.25) is 6.29 Å². The van der Waals surface area contributed by atoms with E-state index in [9.17, 15) is 9.59 Å². The Morgan fingerprint density at radius 1 is 1.10 bits per heavy atom. The normalized spacial score (nSPS) is 34.0. The van der Waals surface area contributed by atoms with Crippen molar-refractivity contribution in [2.75, 3.05) is 11.5 Å². The van der Waals surface area contributed by atoms with Crippen LogP contribution in [-0.4, -0.2) is 42.7 Å². The van der Waals surface area contributed by atoms with Crippen LogP contribution in [0.15, 0.2) is 54.6 Å². The van der Waals surface area contributed by atoms with Gasteiger partial charge in [0.15, 0.2) is 11.6 Å². The second kappa shape index (κ2) is 6.26. The van der Waals surface area contributed by atoms with E-state index in [-0.39, 0.29) is 29.6 Å². The highest BCUT2D eigenvalue weighted by Gasteiger charge is 2.63. The lowest BCUT2D eigenvalue weighted by Crippen LogP contribution is -2.49. The molecule has 146 valence electrons. The molecule has 6 rings (SSSR count). The topological polar surface area (TPSA) is 55.8 Å². The Labute approximate surface area is 172 Å². The summed E-state index contributed by atoms with van der Waals surface area (Å²) in [5.74, 6) is -0.785. The number of carbonyl (C=O) groups is 2. The van der Waals surface area contributed by atoms with Crippen LogP contribution in [-0.2, 0) is 14.3 Å². The van der Waals surface area contributed by atoms with Crippen molar-refractivity contribution in [2.45, 2.75) is 24.5 Å². The zero-order valence-corrected chi connectivity index (χ0v) is 16.2. The monoisotopic (exact) mass is 407 g/mol. The second-order valence-corrected chi connectivity index (χ2v) is 8.41. The molecule has 0 aliphatic carbocycles. The highest BCUT2D eigenvalue weighted by molar-refractivity contribution is 6.30. The molecule has 6 unspecified atom stereocenters. The third-order valence-electron chi connectivity index (χ3n) is 6.56. The molecule has 29 heavy (non-hydrogen) atoms. The summed E-state index contributed by atoms with van der Waals surface area (Å²) in [6, 6.07) is 14.2. The smallest absolute Gasteiger partial charge is 0.218 e. The highest BCUT2D eigenvalue weighted by atomic mass is 35.5. The molecule has 0 N–H and O–H groups in total. The van der Waals surface area contributed by atoms with Crippen molar-refractivity contribution in [1.29, 1.82) is 0 Å². The molecule has 4 aliphatic rings. The Balaban J connectivity index is 1.52. The van der Waals surface area contributed by atoms with Crippen LogP contribution in [0.1, 0.15) is 15.9 Å². The Kier molecular flexibility index (Phi) is 3.76. The predicted octanol–water partition coefficient (Wildman–Crippen LogP) is 3.36. The Hall–Kier alpha value is -2.47. The molecular weight excluding hydrogens is 390 g/mol. The number of anilines is 1. The predicted molar refractivity (Wildman–Crippen MR) is 108 cm³/mol. The van der Waals surface area contributed by atoms with Crippen molar-refractivity contribution < 1.29 is 19.1 Å². The Morgan fingerprint density at radius 2 is 1.90 bits per heavy atom. The molecule has 0 saturated carbocycles. The van der Waals surface area contributed by atoms with Gasteiger partial charge in [-0.2, -0.15) is 0 Å². The molecule has 3 saturated heterocycles. The summed E-state index contributed by atoms with van der Waals surface area (Å²) in [5.41, 5.74) is 2.58. The van der Waals surface area contributed by atoms with Gasteiger partial charge >= 0.3 is 0 Å². The van der Waals surface area contributed by atoms with Gasteiger partial charge in [0, 0.05) is 22.2 Å². The molecule has 4 aliphatic heterocycles. The van der Waals surface area contributed by atoms with Crippen LogP contribution in [0.4, 0.5) is 5.69 Å². The van der Waals surface area contributed by atoms with Crippen LogP contribution in [0.5, 0.6) is 0 Å². The molecule has 2 bridgehead atoms. The second-order valence-electron chi connectivity index (χ2n) is 7.98. The van der Waals surface area contributed by atoms with E-state index in [0.29, 0.717) is 17.2 Å². The van der Waals surface area contributed by atoms with Crippen molar-refractivity contribution in [3.05, 3.63) is 70.8 Å². The number of fused-ring (bicyclic) bond motifs is 8. The van der Waals surface area contributed by atoms with Crippen molar-refractivity contribution in [1.82, 2.24) is 0 Å². The lowest BCUT2D eigenvalue weighted by molar-refractivity contribution is -0.163. The molecule has 4 heterocycles. The van der Waals surface area contributed by atoms with Crippen LogP contribution in [0.2, 0.25) is 5.02 Å². The van der Waals surface area contributed by atoms with Crippen LogP contribution in [0, 0.1) is 11.8 Å². The van der Waals surface area contributed by atoms with Gasteiger partial charge in [-0.1, -0.05) is 42.0 Å². The van der Waals surface area contributed by atoms with Gasteiger partial charge in [-0.05, 0) is 35.9 Å². The van der Waals surface area contributed by atoms with E-state index >= 15 is 0 Å². The standard InChI is InChI=1S/C23H18ClNO4/c24-14-8-5-13(6-9-14)21(26)20-19-18(17-11-28-23(29-17)22(19)27)16-10-7-12-3-1-2-4-15(12)25(16)20/h1-10,16-20,23H,11H2. The minimum Gasteiger partial charge on any atom is -0.353 e. The minimum atomic E-state index is -0.859. The van der Waals surface area contributed by atoms with E-state index in [1.54, 1.807) is 24.3 Å². The third kappa shape index (κ3) is 2.41. The van der Waals surface area contributed by atoms with E-state index < -0.39 is 18.2 Å². The number of carbonyl (C=O) groups excluding carboxylic acids is 2. The first-order valence-corrected chi connectivity index (χ1v) is 10.2. The molecule has 0 spiro atoms. The number of ketones is 2. The average Bonchev–Trinajstić information content (AvgIpc) is 3.33. The van der Waals surface area contributed by atoms with Gasteiger partial charge in [0.05, 0.1) is 24.7 Å². The summed E-state index contributed by atoms with van der Waals surface area (Å²) in [7, 11) is 0. The van der Waals surface area contributed by atoms with E-state index in [1.807, 2.05) is 24.3 Å². The fourth-order valence-electron chi connectivity index (χ4n) is 5.36. The number of para-hydroxylation sites is 1. The number of hydrogen-bond acceptors (Lipinski definition) is 5. The largest absolute Gasteiger partial charge is 0.353 e. The summed E-state index contributed by atoms with van der Waals surface area (Å²) in [4.78, 5) is 29.1. The van der Waals surface area contributed by atoms with Gasteiger partial charge in [-0.15, -0.1) is 0 Å². The van der Waals surface area contributed by atoms with Crippen molar-refractivity contribution >= 4 is 34.9 Å². The average molecular weight is 408 g/mol. The minimum absolute atomic E-state index is 0.0704. The molecule has 6 atom stereocenters. The lowest BCUT2D eigenvalue weighted by atomic mass is 9.77. The fraction of sp³-hybridized carbons (Fsp3) is 0.304. The number of hydrogen-bond donors (Lipinski definition) is 0. The summed E-state index contributed by atoms with van der Waals surface area (Å²) in [6.45, 7) is 0.388. The van der Waals surface area contributed by atoms with Gasteiger partial charge in [0.25, 0.3) is 0 Å².